The van der Waals surface area contributed by atoms with E-state index in [0.29, 0.717) is 37.4 Å². The van der Waals surface area contributed by atoms with Gasteiger partial charge in [-0.3, -0.25) is 14.4 Å². The highest BCUT2D eigenvalue weighted by Gasteiger charge is 2.26. The molecule has 1 aromatic carbocycles. The lowest BCUT2D eigenvalue weighted by atomic mass is 10.2. The summed E-state index contributed by atoms with van der Waals surface area (Å²) in [7, 11) is 0. The van der Waals surface area contributed by atoms with Crippen LogP contribution in [-0.4, -0.2) is 57.6 Å². The highest BCUT2D eigenvalue weighted by atomic mass is 16.3. The third-order valence-electron chi connectivity index (χ3n) is 4.64. The Kier molecular flexibility index (Phi) is 4.76. The number of rotatable bonds is 3. The Labute approximate surface area is 160 Å². The molecule has 8 heteroatoms. The molecule has 1 aliphatic heterocycles. The maximum absolute atomic E-state index is 12.8. The van der Waals surface area contributed by atoms with Crippen molar-refractivity contribution in [1.29, 1.82) is 0 Å². The largest absolute Gasteiger partial charge is 0.472 e. The summed E-state index contributed by atoms with van der Waals surface area (Å²) < 4.78 is 6.17. The van der Waals surface area contributed by atoms with E-state index in [1.165, 1.54) is 29.3 Å². The number of hydrogen-bond acceptors (Lipinski definition) is 5. The number of carbonyl (C=O) groups excluding carboxylic acids is 2. The second-order valence-corrected chi connectivity index (χ2v) is 6.40. The van der Waals surface area contributed by atoms with E-state index >= 15 is 0 Å². The van der Waals surface area contributed by atoms with E-state index in [1.54, 1.807) is 40.1 Å². The first-order valence-corrected chi connectivity index (χ1v) is 8.90. The molecule has 0 saturated carbocycles. The van der Waals surface area contributed by atoms with Gasteiger partial charge in [-0.1, -0.05) is 18.2 Å². The molecule has 0 unspecified atom stereocenters. The zero-order valence-electron chi connectivity index (χ0n) is 15.0. The van der Waals surface area contributed by atoms with Crippen molar-refractivity contribution in [3.8, 4) is 5.69 Å². The minimum atomic E-state index is -0.307. The SMILES string of the molecule is O=C(c1ccoc1)N1CCN(C(=O)c2ccc(=O)n(-c3ccccc3)n2)CC1. The van der Waals surface area contributed by atoms with Gasteiger partial charge in [0.2, 0.25) is 0 Å². The molecule has 0 atom stereocenters. The molecule has 1 aliphatic rings. The fraction of sp³-hybridized carbons (Fsp3) is 0.200. The molecular formula is C20H18N4O4. The lowest BCUT2D eigenvalue weighted by Crippen LogP contribution is -2.50. The molecule has 0 spiro atoms. The molecule has 0 radical (unpaired) electrons. The molecule has 8 nitrogen and oxygen atoms in total. The minimum Gasteiger partial charge on any atom is -0.472 e. The van der Waals surface area contributed by atoms with Crippen LogP contribution in [0.1, 0.15) is 20.8 Å². The molecule has 142 valence electrons. The number of para-hydroxylation sites is 1. The average molecular weight is 378 g/mol. The second-order valence-electron chi connectivity index (χ2n) is 6.40. The molecule has 0 bridgehead atoms. The fourth-order valence-corrected chi connectivity index (χ4v) is 3.12. The lowest BCUT2D eigenvalue weighted by molar-refractivity contribution is 0.0530. The number of hydrogen-bond donors (Lipinski definition) is 0. The first-order valence-electron chi connectivity index (χ1n) is 8.90. The van der Waals surface area contributed by atoms with E-state index in [-0.39, 0.29) is 23.1 Å². The average Bonchev–Trinajstić information content (AvgIpc) is 3.29. The van der Waals surface area contributed by atoms with Crippen molar-refractivity contribution in [3.05, 3.63) is 82.7 Å². The summed E-state index contributed by atoms with van der Waals surface area (Å²) in [5, 5.41) is 4.23. The number of amides is 2. The van der Waals surface area contributed by atoms with Gasteiger partial charge in [-0.05, 0) is 24.3 Å². The predicted molar refractivity (Wildman–Crippen MR) is 100 cm³/mol. The van der Waals surface area contributed by atoms with Crippen LogP contribution in [0, 0.1) is 0 Å². The van der Waals surface area contributed by atoms with Gasteiger partial charge >= 0.3 is 0 Å². The van der Waals surface area contributed by atoms with Crippen molar-refractivity contribution in [1.82, 2.24) is 19.6 Å². The van der Waals surface area contributed by atoms with Gasteiger partial charge in [0.15, 0.2) is 0 Å². The van der Waals surface area contributed by atoms with Gasteiger partial charge in [-0.25, -0.2) is 0 Å². The first kappa shape index (κ1) is 17.7. The number of piperazine rings is 1. The quantitative estimate of drug-likeness (QED) is 0.688. The molecule has 0 aliphatic carbocycles. The fourth-order valence-electron chi connectivity index (χ4n) is 3.12. The molecule has 2 aromatic heterocycles. The molecule has 4 rings (SSSR count). The number of benzene rings is 1. The van der Waals surface area contributed by atoms with E-state index in [0.717, 1.165) is 0 Å². The highest BCUT2D eigenvalue weighted by molar-refractivity contribution is 5.95. The van der Waals surface area contributed by atoms with E-state index in [2.05, 4.69) is 5.10 Å². The Balaban J connectivity index is 1.47. The van der Waals surface area contributed by atoms with Crippen LogP contribution in [0.5, 0.6) is 0 Å². The monoisotopic (exact) mass is 378 g/mol. The molecule has 3 heterocycles. The predicted octanol–water partition coefficient (Wildman–Crippen LogP) is 1.42. The van der Waals surface area contributed by atoms with Gasteiger partial charge in [0.05, 0.1) is 17.5 Å². The number of nitrogens with zero attached hydrogens (tertiary/aromatic N) is 4. The highest BCUT2D eigenvalue weighted by Crippen LogP contribution is 2.11. The maximum Gasteiger partial charge on any atom is 0.274 e. The molecule has 0 N–H and O–H groups in total. The van der Waals surface area contributed by atoms with Gasteiger partial charge in [0, 0.05) is 32.2 Å². The summed E-state index contributed by atoms with van der Waals surface area (Å²) in [4.78, 5) is 40.6. The topological polar surface area (TPSA) is 88.7 Å². The Morgan fingerprint density at radius 1 is 0.857 bits per heavy atom. The van der Waals surface area contributed by atoms with Crippen molar-refractivity contribution in [2.45, 2.75) is 0 Å². The number of furan rings is 1. The second kappa shape index (κ2) is 7.51. The summed E-state index contributed by atoms with van der Waals surface area (Å²) in [6.45, 7) is 1.64. The van der Waals surface area contributed by atoms with Gasteiger partial charge in [0.1, 0.15) is 12.0 Å². The maximum atomic E-state index is 12.8. The lowest BCUT2D eigenvalue weighted by Gasteiger charge is -2.34. The Hall–Kier alpha value is -3.68. The van der Waals surface area contributed by atoms with Gasteiger partial charge in [-0.2, -0.15) is 9.78 Å². The van der Waals surface area contributed by atoms with Crippen LogP contribution in [0.25, 0.3) is 5.69 Å². The van der Waals surface area contributed by atoms with E-state index in [1.807, 2.05) is 6.07 Å². The van der Waals surface area contributed by atoms with Crippen molar-refractivity contribution in [2.75, 3.05) is 26.2 Å². The number of carbonyl (C=O) groups is 2. The molecule has 2 amide bonds. The molecule has 3 aromatic rings. The summed E-state index contributed by atoms with van der Waals surface area (Å²) >= 11 is 0. The van der Waals surface area contributed by atoms with Gasteiger partial charge in [0.25, 0.3) is 17.4 Å². The Morgan fingerprint density at radius 2 is 1.54 bits per heavy atom. The number of aromatic nitrogens is 2. The normalized spacial score (nSPS) is 14.1. The standard InChI is InChI=1S/C20H18N4O4/c25-18-7-6-17(21-24(18)16-4-2-1-3-5-16)20(27)23-11-9-22(10-12-23)19(26)15-8-13-28-14-15/h1-8,13-14H,9-12H2. The van der Waals surface area contributed by atoms with Crippen molar-refractivity contribution in [2.24, 2.45) is 0 Å². The van der Waals surface area contributed by atoms with Crippen LogP contribution in [0.4, 0.5) is 0 Å². The summed E-state index contributed by atoms with van der Waals surface area (Å²) in [6, 6.07) is 13.3. The third kappa shape index (κ3) is 3.44. The Bertz CT molecular complexity index is 1040. The van der Waals surface area contributed by atoms with Gasteiger partial charge in [-0.15, -0.1) is 0 Å². The summed E-state index contributed by atoms with van der Waals surface area (Å²) in [5.41, 5.74) is 0.977. The van der Waals surface area contributed by atoms with Crippen LogP contribution in [0.15, 0.2) is 70.3 Å². The summed E-state index contributed by atoms with van der Waals surface area (Å²) in [6.07, 6.45) is 2.87. The smallest absolute Gasteiger partial charge is 0.274 e. The zero-order valence-corrected chi connectivity index (χ0v) is 15.0. The van der Waals surface area contributed by atoms with Crippen LogP contribution >= 0.6 is 0 Å². The minimum absolute atomic E-state index is 0.114. The van der Waals surface area contributed by atoms with E-state index in [9.17, 15) is 14.4 Å². The molecule has 1 fully saturated rings. The van der Waals surface area contributed by atoms with E-state index in [4.69, 9.17) is 4.42 Å². The van der Waals surface area contributed by atoms with Crippen LogP contribution in [0.2, 0.25) is 0 Å². The summed E-state index contributed by atoms with van der Waals surface area (Å²) in [5.74, 6) is -0.378. The van der Waals surface area contributed by atoms with Crippen molar-refractivity contribution >= 4 is 11.8 Å². The van der Waals surface area contributed by atoms with Crippen molar-refractivity contribution < 1.29 is 14.0 Å². The van der Waals surface area contributed by atoms with Crippen LogP contribution in [0.3, 0.4) is 0 Å². The van der Waals surface area contributed by atoms with Gasteiger partial charge < -0.3 is 14.2 Å². The molecule has 1 saturated heterocycles. The Morgan fingerprint density at radius 3 is 2.18 bits per heavy atom. The molecular weight excluding hydrogens is 360 g/mol. The van der Waals surface area contributed by atoms with Crippen LogP contribution < -0.4 is 5.56 Å². The first-order chi connectivity index (χ1) is 13.6. The zero-order chi connectivity index (χ0) is 19.5. The molecule has 28 heavy (non-hydrogen) atoms. The van der Waals surface area contributed by atoms with Crippen molar-refractivity contribution in [3.63, 3.8) is 0 Å². The third-order valence-corrected chi connectivity index (χ3v) is 4.64. The van der Waals surface area contributed by atoms with Crippen LogP contribution in [-0.2, 0) is 0 Å². The van der Waals surface area contributed by atoms with E-state index < -0.39 is 0 Å².